The minimum atomic E-state index is -1.14. The predicted octanol–water partition coefficient (Wildman–Crippen LogP) is 3.35. The zero-order valence-electron chi connectivity index (χ0n) is 12.6. The molecule has 0 unspecified atom stereocenters. The zero-order chi connectivity index (χ0) is 15.8. The van der Waals surface area contributed by atoms with Gasteiger partial charge in [0.15, 0.2) is 5.65 Å². The number of pyridine rings is 1. The highest BCUT2D eigenvalue weighted by Gasteiger charge is 2.17. The molecule has 2 heterocycles. The smallest absolute Gasteiger partial charge is 0.277 e. The van der Waals surface area contributed by atoms with E-state index in [2.05, 4.69) is 24.6 Å². The van der Waals surface area contributed by atoms with E-state index in [4.69, 9.17) is 27.9 Å². The SMILES string of the molecule is Cn1c(=O)c2c(Cl)cc(Cl)nc2n1COCC[Si](C)(C)C. The fourth-order valence-corrected chi connectivity index (χ4v) is 3.22. The summed E-state index contributed by atoms with van der Waals surface area (Å²) >= 11 is 12.0. The van der Waals surface area contributed by atoms with E-state index in [1.54, 1.807) is 11.7 Å². The lowest BCUT2D eigenvalue weighted by atomic mass is 10.3. The van der Waals surface area contributed by atoms with Gasteiger partial charge in [-0.25, -0.2) is 14.3 Å². The van der Waals surface area contributed by atoms with Crippen molar-refractivity contribution >= 4 is 42.3 Å². The Balaban J connectivity index is 2.28. The zero-order valence-corrected chi connectivity index (χ0v) is 15.1. The number of fused-ring (bicyclic) bond motifs is 1. The van der Waals surface area contributed by atoms with Crippen LogP contribution in [0.15, 0.2) is 10.9 Å². The van der Waals surface area contributed by atoms with Crippen molar-refractivity contribution < 1.29 is 4.74 Å². The summed E-state index contributed by atoms with van der Waals surface area (Å²) in [6, 6.07) is 2.54. The molecule has 0 spiro atoms. The lowest BCUT2D eigenvalue weighted by Gasteiger charge is -2.16. The molecule has 21 heavy (non-hydrogen) atoms. The second-order valence-electron chi connectivity index (χ2n) is 6.20. The van der Waals surface area contributed by atoms with Crippen LogP contribution >= 0.6 is 23.2 Å². The number of halogens is 2. The third kappa shape index (κ3) is 3.69. The van der Waals surface area contributed by atoms with E-state index in [1.165, 1.54) is 10.7 Å². The van der Waals surface area contributed by atoms with Crippen LogP contribution in [0, 0.1) is 0 Å². The molecule has 2 aromatic heterocycles. The van der Waals surface area contributed by atoms with Gasteiger partial charge in [0.25, 0.3) is 5.56 Å². The van der Waals surface area contributed by atoms with Gasteiger partial charge in [-0.05, 0) is 12.1 Å². The van der Waals surface area contributed by atoms with Gasteiger partial charge in [0.2, 0.25) is 0 Å². The molecule has 0 radical (unpaired) electrons. The summed E-state index contributed by atoms with van der Waals surface area (Å²) in [5.74, 6) is 0. The molecule has 2 rings (SSSR count). The molecule has 8 heteroatoms. The maximum Gasteiger partial charge on any atom is 0.277 e. The van der Waals surface area contributed by atoms with Gasteiger partial charge in [-0.15, -0.1) is 0 Å². The van der Waals surface area contributed by atoms with E-state index in [-0.39, 0.29) is 17.4 Å². The van der Waals surface area contributed by atoms with E-state index in [0.29, 0.717) is 22.7 Å². The van der Waals surface area contributed by atoms with Gasteiger partial charge in [0, 0.05) is 21.7 Å². The van der Waals surface area contributed by atoms with Crippen LogP contribution in [0.4, 0.5) is 0 Å². The molecule has 5 nitrogen and oxygen atoms in total. The van der Waals surface area contributed by atoms with Crippen molar-refractivity contribution in [1.82, 2.24) is 14.3 Å². The minimum Gasteiger partial charge on any atom is -0.360 e. The van der Waals surface area contributed by atoms with E-state index in [0.717, 1.165) is 6.04 Å². The summed E-state index contributed by atoms with van der Waals surface area (Å²) in [7, 11) is 0.527. The molecule has 2 aromatic rings. The van der Waals surface area contributed by atoms with Crippen LogP contribution in [0.2, 0.25) is 35.9 Å². The molecular weight excluding hydrogens is 329 g/mol. The van der Waals surface area contributed by atoms with Gasteiger partial charge in [-0.2, -0.15) is 0 Å². The fourth-order valence-electron chi connectivity index (χ4n) is 1.95. The van der Waals surface area contributed by atoms with E-state index < -0.39 is 8.07 Å². The molecule has 0 saturated carbocycles. The van der Waals surface area contributed by atoms with Crippen LogP contribution in [0.3, 0.4) is 0 Å². The average Bonchev–Trinajstić information content (AvgIpc) is 2.57. The quantitative estimate of drug-likeness (QED) is 0.473. The number of nitrogens with zero attached hydrogens (tertiary/aromatic N) is 3. The van der Waals surface area contributed by atoms with Gasteiger partial charge < -0.3 is 4.74 Å². The third-order valence-electron chi connectivity index (χ3n) is 3.25. The molecule has 116 valence electrons. The Morgan fingerprint density at radius 3 is 2.62 bits per heavy atom. The normalized spacial score (nSPS) is 12.3. The number of aromatic nitrogens is 3. The van der Waals surface area contributed by atoms with Crippen LogP contribution in [0.25, 0.3) is 11.0 Å². The summed E-state index contributed by atoms with van der Waals surface area (Å²) < 4.78 is 8.79. The number of rotatable bonds is 5. The molecule has 0 fully saturated rings. The number of hydrogen-bond donors (Lipinski definition) is 0. The molecule has 0 aliphatic rings. The molecule has 0 aromatic carbocycles. The number of ether oxygens (including phenoxy) is 1. The van der Waals surface area contributed by atoms with Crippen molar-refractivity contribution in [2.45, 2.75) is 32.4 Å². The molecule has 0 amide bonds. The van der Waals surface area contributed by atoms with E-state index >= 15 is 0 Å². The van der Waals surface area contributed by atoms with Crippen molar-refractivity contribution in [3.8, 4) is 0 Å². The Morgan fingerprint density at radius 1 is 1.33 bits per heavy atom. The summed E-state index contributed by atoms with van der Waals surface area (Å²) in [5, 5.41) is 0.942. The molecule has 0 saturated heterocycles. The fraction of sp³-hybridized carbons (Fsp3) is 0.538. The molecule has 0 bridgehead atoms. The first-order valence-electron chi connectivity index (χ1n) is 6.70. The lowest BCUT2D eigenvalue weighted by Crippen LogP contribution is -2.24. The first-order valence-corrected chi connectivity index (χ1v) is 11.2. The maximum absolute atomic E-state index is 12.2. The highest BCUT2D eigenvalue weighted by Crippen LogP contribution is 2.23. The van der Waals surface area contributed by atoms with Gasteiger partial charge in [-0.1, -0.05) is 42.8 Å². The Labute approximate surface area is 134 Å². The maximum atomic E-state index is 12.2. The highest BCUT2D eigenvalue weighted by molar-refractivity contribution is 6.76. The molecule has 0 atom stereocenters. The first kappa shape index (κ1) is 16.5. The van der Waals surface area contributed by atoms with Crippen LogP contribution in [0.5, 0.6) is 0 Å². The standard InChI is InChI=1S/C13H19Cl2N3O2Si/c1-17-13(19)11-9(14)7-10(15)16-12(11)18(17)8-20-5-6-21(2,3)4/h7H,5-6,8H2,1-4H3. The summed E-state index contributed by atoms with van der Waals surface area (Å²) in [6.07, 6.45) is 0. The van der Waals surface area contributed by atoms with Crippen LogP contribution in [0.1, 0.15) is 0 Å². The summed E-state index contributed by atoms with van der Waals surface area (Å²) in [4.78, 5) is 16.4. The molecule has 0 aliphatic carbocycles. The van der Waals surface area contributed by atoms with Gasteiger partial charge in [0.05, 0.1) is 5.02 Å². The van der Waals surface area contributed by atoms with E-state index in [1.807, 2.05) is 0 Å². The lowest BCUT2D eigenvalue weighted by molar-refractivity contribution is 0.0732. The monoisotopic (exact) mass is 347 g/mol. The van der Waals surface area contributed by atoms with Gasteiger partial charge in [-0.3, -0.25) is 4.79 Å². The van der Waals surface area contributed by atoms with Crippen molar-refractivity contribution in [2.24, 2.45) is 7.05 Å². The van der Waals surface area contributed by atoms with Crippen molar-refractivity contribution in [3.05, 3.63) is 26.6 Å². The van der Waals surface area contributed by atoms with Crippen molar-refractivity contribution in [2.75, 3.05) is 6.61 Å². The summed E-state index contributed by atoms with van der Waals surface area (Å²) in [6.45, 7) is 7.79. The van der Waals surface area contributed by atoms with Crippen LogP contribution in [-0.2, 0) is 18.5 Å². The minimum absolute atomic E-state index is 0.201. The van der Waals surface area contributed by atoms with Crippen LogP contribution in [-0.4, -0.2) is 29.0 Å². The highest BCUT2D eigenvalue weighted by atomic mass is 35.5. The third-order valence-corrected chi connectivity index (χ3v) is 5.44. The van der Waals surface area contributed by atoms with Gasteiger partial charge in [0.1, 0.15) is 17.3 Å². The molecular formula is C13H19Cl2N3O2Si. The van der Waals surface area contributed by atoms with Crippen molar-refractivity contribution in [3.63, 3.8) is 0 Å². The predicted molar refractivity (Wildman–Crippen MR) is 89.1 cm³/mol. The van der Waals surface area contributed by atoms with Crippen LogP contribution < -0.4 is 5.56 Å². The molecule has 0 aliphatic heterocycles. The second-order valence-corrected chi connectivity index (χ2v) is 12.6. The Morgan fingerprint density at radius 2 is 2.00 bits per heavy atom. The Hall–Kier alpha value is -0.823. The largest absolute Gasteiger partial charge is 0.360 e. The second kappa shape index (κ2) is 6.12. The Bertz CT molecular complexity index is 719. The Kier molecular flexibility index (Phi) is 4.82. The average molecular weight is 348 g/mol. The van der Waals surface area contributed by atoms with Crippen molar-refractivity contribution in [1.29, 1.82) is 0 Å². The summed E-state index contributed by atoms with van der Waals surface area (Å²) in [5.41, 5.74) is 0.251. The topological polar surface area (TPSA) is 49.0 Å². The van der Waals surface area contributed by atoms with E-state index in [9.17, 15) is 4.79 Å². The number of hydrogen-bond acceptors (Lipinski definition) is 3. The first-order chi connectivity index (χ1) is 9.70. The van der Waals surface area contributed by atoms with Gasteiger partial charge >= 0.3 is 0 Å². The molecule has 0 N–H and O–H groups in total.